The summed E-state index contributed by atoms with van der Waals surface area (Å²) in [6.07, 6.45) is 8.43. The number of halogens is 1. The molecule has 1 saturated carbocycles. The molecule has 5 nitrogen and oxygen atoms in total. The number of nitrogens with one attached hydrogen (secondary N) is 1. The SMILES string of the molecule is Cc1nc2c(n1C1CC1)C=Cc1cc(Cl)ccc1C2c1cn(C)c(=O)[nH]c1=S. The number of aromatic amines is 1. The van der Waals surface area contributed by atoms with Crippen molar-refractivity contribution < 1.29 is 0 Å². The highest BCUT2D eigenvalue weighted by Crippen LogP contribution is 2.44. The molecule has 28 heavy (non-hydrogen) atoms. The Balaban J connectivity index is 1.84. The summed E-state index contributed by atoms with van der Waals surface area (Å²) in [5, 5.41) is 0.688. The van der Waals surface area contributed by atoms with Gasteiger partial charge in [-0.3, -0.25) is 4.98 Å². The fourth-order valence-corrected chi connectivity index (χ4v) is 4.57. The van der Waals surface area contributed by atoms with E-state index >= 15 is 0 Å². The highest BCUT2D eigenvalue weighted by molar-refractivity contribution is 7.71. The molecule has 2 heterocycles. The summed E-state index contributed by atoms with van der Waals surface area (Å²) in [4.78, 5) is 19.8. The lowest BCUT2D eigenvalue weighted by Gasteiger charge is -2.19. The van der Waals surface area contributed by atoms with Gasteiger partial charge >= 0.3 is 5.69 Å². The third-order valence-electron chi connectivity index (χ3n) is 5.57. The van der Waals surface area contributed by atoms with Crippen molar-refractivity contribution in [3.8, 4) is 0 Å². The summed E-state index contributed by atoms with van der Waals surface area (Å²) in [6, 6.07) is 6.41. The molecule has 0 aliphatic heterocycles. The normalized spacial score (nSPS) is 17.9. The fourth-order valence-electron chi connectivity index (χ4n) is 4.13. The average Bonchev–Trinajstić information content (AvgIpc) is 3.44. The molecule has 0 radical (unpaired) electrons. The first-order valence-electron chi connectivity index (χ1n) is 9.30. The van der Waals surface area contributed by atoms with Crippen molar-refractivity contribution in [3.63, 3.8) is 0 Å². The second kappa shape index (κ2) is 6.29. The molecule has 1 aromatic carbocycles. The summed E-state index contributed by atoms with van der Waals surface area (Å²) in [5.41, 5.74) is 4.85. The molecule has 0 spiro atoms. The maximum Gasteiger partial charge on any atom is 0.326 e. The Kier molecular flexibility index (Phi) is 3.96. The van der Waals surface area contributed by atoms with E-state index in [0.29, 0.717) is 15.7 Å². The number of benzene rings is 1. The Morgan fingerprint density at radius 1 is 1.25 bits per heavy atom. The van der Waals surface area contributed by atoms with Crippen molar-refractivity contribution in [3.05, 3.63) is 78.4 Å². The van der Waals surface area contributed by atoms with E-state index in [-0.39, 0.29) is 11.6 Å². The van der Waals surface area contributed by atoms with Crippen LogP contribution in [0.1, 0.15) is 58.7 Å². The minimum absolute atomic E-state index is 0.175. The maximum absolute atomic E-state index is 12.0. The van der Waals surface area contributed by atoms with Crippen molar-refractivity contribution in [1.29, 1.82) is 0 Å². The monoisotopic (exact) mass is 410 g/mol. The summed E-state index contributed by atoms with van der Waals surface area (Å²) in [5.74, 6) is 0.839. The maximum atomic E-state index is 12.0. The van der Waals surface area contributed by atoms with Gasteiger partial charge in [0.25, 0.3) is 0 Å². The zero-order chi connectivity index (χ0) is 19.6. The van der Waals surface area contributed by atoms with E-state index in [2.05, 4.69) is 28.6 Å². The molecule has 1 atom stereocenters. The number of fused-ring (bicyclic) bond motifs is 2. The van der Waals surface area contributed by atoms with Gasteiger partial charge in [0, 0.05) is 29.9 Å². The van der Waals surface area contributed by atoms with Crippen LogP contribution in [0.25, 0.3) is 12.2 Å². The standard InChI is InChI=1S/C21H19ClN4OS/c1-11-23-19-17(26(11)14-5-6-14)8-3-12-9-13(22)4-7-15(12)18(19)16-10-25(2)21(27)24-20(16)28/h3-4,7-10,14,18H,5-6H2,1-2H3,(H,24,27,28). The van der Waals surface area contributed by atoms with E-state index in [1.807, 2.05) is 24.4 Å². The first-order chi connectivity index (χ1) is 13.4. The minimum Gasteiger partial charge on any atom is -0.325 e. The third kappa shape index (κ3) is 2.71. The van der Waals surface area contributed by atoms with Gasteiger partial charge in [-0.1, -0.05) is 36.0 Å². The first-order valence-corrected chi connectivity index (χ1v) is 10.1. The molecule has 2 aromatic heterocycles. The summed E-state index contributed by atoms with van der Waals surface area (Å²) < 4.78 is 4.31. The summed E-state index contributed by atoms with van der Waals surface area (Å²) >= 11 is 11.8. The van der Waals surface area contributed by atoms with Gasteiger partial charge in [0.1, 0.15) is 10.5 Å². The molecule has 0 saturated heterocycles. The number of hydrogen-bond donors (Lipinski definition) is 1. The second-order valence-electron chi connectivity index (χ2n) is 7.52. The molecule has 1 fully saturated rings. The molecule has 5 rings (SSSR count). The van der Waals surface area contributed by atoms with E-state index in [9.17, 15) is 4.79 Å². The Morgan fingerprint density at radius 2 is 2.04 bits per heavy atom. The molecule has 0 bridgehead atoms. The summed E-state index contributed by atoms with van der Waals surface area (Å²) in [7, 11) is 1.73. The average molecular weight is 411 g/mol. The molecule has 142 valence electrons. The fraction of sp³-hybridized carbons (Fsp3) is 0.286. The first kappa shape index (κ1) is 17.6. The van der Waals surface area contributed by atoms with Gasteiger partial charge in [0.05, 0.1) is 17.3 Å². The smallest absolute Gasteiger partial charge is 0.325 e. The van der Waals surface area contributed by atoms with Crippen LogP contribution in [0.3, 0.4) is 0 Å². The van der Waals surface area contributed by atoms with Gasteiger partial charge in [-0.15, -0.1) is 0 Å². The van der Waals surface area contributed by atoms with Crippen molar-refractivity contribution >= 4 is 36.0 Å². The van der Waals surface area contributed by atoms with Gasteiger partial charge < -0.3 is 9.13 Å². The van der Waals surface area contributed by atoms with Gasteiger partial charge in [0.15, 0.2) is 0 Å². The van der Waals surface area contributed by atoms with E-state index in [0.717, 1.165) is 33.9 Å². The zero-order valence-electron chi connectivity index (χ0n) is 15.6. The quantitative estimate of drug-likeness (QED) is 0.491. The number of nitrogens with zero attached hydrogens (tertiary/aromatic N) is 3. The van der Waals surface area contributed by atoms with Crippen LogP contribution in [0.15, 0.2) is 29.2 Å². The highest BCUT2D eigenvalue weighted by Gasteiger charge is 2.34. The van der Waals surface area contributed by atoms with E-state index in [4.69, 9.17) is 28.8 Å². The van der Waals surface area contributed by atoms with E-state index in [1.54, 1.807) is 7.05 Å². The van der Waals surface area contributed by atoms with Gasteiger partial charge in [-0.25, -0.2) is 9.78 Å². The predicted molar refractivity (Wildman–Crippen MR) is 113 cm³/mol. The predicted octanol–water partition coefficient (Wildman–Crippen LogP) is 4.60. The van der Waals surface area contributed by atoms with Crippen LogP contribution < -0.4 is 5.69 Å². The van der Waals surface area contributed by atoms with Gasteiger partial charge in [0.2, 0.25) is 0 Å². The molecule has 3 aromatic rings. The van der Waals surface area contributed by atoms with Gasteiger partial charge in [-0.05, 0) is 49.1 Å². The number of aryl methyl sites for hydroxylation is 2. The number of hydrogen-bond acceptors (Lipinski definition) is 3. The Bertz CT molecular complexity index is 1260. The Hall–Kier alpha value is -2.44. The lowest BCUT2D eigenvalue weighted by atomic mass is 9.87. The number of aromatic nitrogens is 4. The Labute approximate surface area is 172 Å². The third-order valence-corrected chi connectivity index (χ3v) is 6.14. The molecular formula is C21H19ClN4OS. The lowest BCUT2D eigenvalue weighted by molar-refractivity contribution is 0.704. The number of H-pyrrole nitrogens is 1. The second-order valence-corrected chi connectivity index (χ2v) is 8.37. The van der Waals surface area contributed by atoms with Crippen LogP contribution in [0.5, 0.6) is 0 Å². The molecule has 2 aliphatic rings. The molecule has 7 heteroatoms. The highest BCUT2D eigenvalue weighted by atomic mass is 35.5. The molecular weight excluding hydrogens is 392 g/mol. The van der Waals surface area contributed by atoms with Crippen molar-refractivity contribution in [2.45, 2.75) is 31.7 Å². The summed E-state index contributed by atoms with van der Waals surface area (Å²) in [6.45, 7) is 2.06. The van der Waals surface area contributed by atoms with Crippen LogP contribution in [-0.4, -0.2) is 19.1 Å². The minimum atomic E-state index is -0.225. The number of rotatable bonds is 2. The van der Waals surface area contributed by atoms with Crippen LogP contribution >= 0.6 is 23.8 Å². The molecule has 1 N–H and O–H groups in total. The Morgan fingerprint density at radius 3 is 2.79 bits per heavy atom. The lowest BCUT2D eigenvalue weighted by Crippen LogP contribution is -2.22. The van der Waals surface area contributed by atoms with E-state index in [1.165, 1.54) is 17.4 Å². The van der Waals surface area contributed by atoms with Crippen molar-refractivity contribution in [2.75, 3.05) is 0 Å². The number of imidazole rings is 1. The zero-order valence-corrected chi connectivity index (χ0v) is 17.1. The van der Waals surface area contributed by atoms with Crippen molar-refractivity contribution in [1.82, 2.24) is 19.1 Å². The van der Waals surface area contributed by atoms with Crippen LogP contribution in [0, 0.1) is 11.6 Å². The van der Waals surface area contributed by atoms with E-state index < -0.39 is 0 Å². The molecule has 1 unspecified atom stereocenters. The topological polar surface area (TPSA) is 55.6 Å². The van der Waals surface area contributed by atoms with Crippen LogP contribution in [0.2, 0.25) is 5.02 Å². The largest absolute Gasteiger partial charge is 0.326 e. The molecule has 2 aliphatic carbocycles. The van der Waals surface area contributed by atoms with Crippen LogP contribution in [0.4, 0.5) is 0 Å². The van der Waals surface area contributed by atoms with Gasteiger partial charge in [-0.2, -0.15) is 0 Å². The van der Waals surface area contributed by atoms with Crippen molar-refractivity contribution in [2.24, 2.45) is 7.05 Å². The van der Waals surface area contributed by atoms with Crippen LogP contribution in [-0.2, 0) is 7.05 Å². The molecule has 0 amide bonds.